The topological polar surface area (TPSA) is 46.9 Å². The summed E-state index contributed by atoms with van der Waals surface area (Å²) in [7, 11) is 1.89. The van der Waals surface area contributed by atoms with Crippen LogP contribution in [0.25, 0.3) is 0 Å². The first-order valence-electron chi connectivity index (χ1n) is 6.94. The lowest BCUT2D eigenvalue weighted by molar-refractivity contribution is -0.119. The molecule has 0 aromatic carbocycles. The van der Waals surface area contributed by atoms with Crippen LogP contribution >= 0.6 is 0 Å². The molecule has 1 N–H and O–H groups in total. The Hall–Kier alpha value is -1.16. The summed E-state index contributed by atoms with van der Waals surface area (Å²) >= 11 is 0. The molecule has 2 aliphatic heterocycles. The Balaban J connectivity index is 1.52. The Morgan fingerprint density at radius 3 is 2.78 bits per heavy atom. The van der Waals surface area contributed by atoms with Crippen LogP contribution in [0, 0.1) is 5.92 Å². The first-order chi connectivity index (χ1) is 8.69. The van der Waals surface area contributed by atoms with Gasteiger partial charge in [0.25, 0.3) is 0 Å². The van der Waals surface area contributed by atoms with Gasteiger partial charge in [-0.2, -0.15) is 5.10 Å². The van der Waals surface area contributed by atoms with E-state index in [0.717, 1.165) is 12.0 Å². The molecule has 4 heteroatoms. The van der Waals surface area contributed by atoms with Crippen molar-refractivity contribution in [1.29, 1.82) is 0 Å². The maximum Gasteiger partial charge on any atom is 0.137 e. The van der Waals surface area contributed by atoms with Crippen molar-refractivity contribution in [2.75, 3.05) is 0 Å². The molecule has 0 amide bonds. The second-order valence-electron chi connectivity index (χ2n) is 5.92. The number of rotatable bonds is 4. The molecule has 2 saturated heterocycles. The lowest BCUT2D eigenvalue weighted by Gasteiger charge is -2.28. The zero-order chi connectivity index (χ0) is 12.5. The Kier molecular flexibility index (Phi) is 3.20. The van der Waals surface area contributed by atoms with Gasteiger partial charge in [0.2, 0.25) is 0 Å². The van der Waals surface area contributed by atoms with Crippen LogP contribution in [0.3, 0.4) is 0 Å². The summed E-state index contributed by atoms with van der Waals surface area (Å²) in [4.78, 5) is 12.1. The molecule has 2 bridgehead atoms. The predicted molar refractivity (Wildman–Crippen MR) is 69.2 cm³/mol. The second kappa shape index (κ2) is 4.84. The summed E-state index contributed by atoms with van der Waals surface area (Å²) in [5, 5.41) is 7.73. The van der Waals surface area contributed by atoms with Crippen LogP contribution in [0.1, 0.15) is 37.7 Å². The van der Waals surface area contributed by atoms with Crippen molar-refractivity contribution in [2.24, 2.45) is 13.0 Å². The smallest absolute Gasteiger partial charge is 0.137 e. The van der Waals surface area contributed by atoms with Crippen molar-refractivity contribution < 1.29 is 4.79 Å². The van der Waals surface area contributed by atoms with Gasteiger partial charge in [0.1, 0.15) is 5.78 Å². The van der Waals surface area contributed by atoms with Gasteiger partial charge in [0, 0.05) is 38.2 Å². The maximum absolute atomic E-state index is 12.1. The average Bonchev–Trinajstić information content (AvgIpc) is 2.85. The first-order valence-corrected chi connectivity index (χ1v) is 6.94. The Labute approximate surface area is 108 Å². The van der Waals surface area contributed by atoms with Gasteiger partial charge in [-0.3, -0.25) is 9.48 Å². The van der Waals surface area contributed by atoms with Crippen LogP contribution in [0.15, 0.2) is 12.4 Å². The monoisotopic (exact) mass is 247 g/mol. The Morgan fingerprint density at radius 1 is 1.44 bits per heavy atom. The molecule has 0 saturated carbocycles. The third kappa shape index (κ3) is 2.64. The average molecular weight is 247 g/mol. The number of fused-ring (bicyclic) bond motifs is 2. The van der Waals surface area contributed by atoms with Gasteiger partial charge in [-0.15, -0.1) is 0 Å². The Morgan fingerprint density at radius 2 is 2.17 bits per heavy atom. The van der Waals surface area contributed by atoms with E-state index in [4.69, 9.17) is 0 Å². The minimum absolute atomic E-state index is 0.370. The largest absolute Gasteiger partial charge is 0.311 e. The molecular weight excluding hydrogens is 226 g/mol. The number of piperidine rings is 1. The van der Waals surface area contributed by atoms with E-state index in [1.54, 1.807) is 10.9 Å². The van der Waals surface area contributed by atoms with Crippen LogP contribution in [0.4, 0.5) is 0 Å². The van der Waals surface area contributed by atoms with Gasteiger partial charge in [0.05, 0.1) is 6.20 Å². The highest BCUT2D eigenvalue weighted by Crippen LogP contribution is 2.32. The van der Waals surface area contributed by atoms with Crippen LogP contribution in [-0.4, -0.2) is 27.6 Å². The lowest BCUT2D eigenvalue weighted by Crippen LogP contribution is -2.38. The van der Waals surface area contributed by atoms with E-state index >= 15 is 0 Å². The number of ketones is 1. The van der Waals surface area contributed by atoms with E-state index in [-0.39, 0.29) is 0 Å². The van der Waals surface area contributed by atoms with Crippen molar-refractivity contribution >= 4 is 5.78 Å². The molecule has 4 nitrogen and oxygen atoms in total. The summed E-state index contributed by atoms with van der Waals surface area (Å²) in [6.45, 7) is 0. The number of nitrogens with zero attached hydrogens (tertiary/aromatic N) is 2. The van der Waals surface area contributed by atoms with Crippen LogP contribution in [0.5, 0.6) is 0 Å². The normalized spacial score (nSPS) is 30.6. The van der Waals surface area contributed by atoms with Gasteiger partial charge in [-0.1, -0.05) is 0 Å². The molecule has 2 fully saturated rings. The first kappa shape index (κ1) is 11.9. The standard InChI is InChI=1S/C14H21N3O/c1-17-9-11(8-15-17)7-14(18)6-10-4-12-2-3-13(5-10)16-12/h8-10,12-13,16H,2-7H2,1H3. The number of aryl methyl sites for hydroxylation is 1. The maximum atomic E-state index is 12.1. The summed E-state index contributed by atoms with van der Waals surface area (Å²) in [6.07, 6.45) is 10.0. The molecule has 3 rings (SSSR count). The van der Waals surface area contributed by atoms with Crippen LogP contribution in [-0.2, 0) is 18.3 Å². The molecule has 1 aromatic rings. The third-order valence-electron chi connectivity index (χ3n) is 4.25. The molecule has 2 unspecified atom stereocenters. The van der Waals surface area contributed by atoms with Gasteiger partial charge < -0.3 is 5.32 Å². The predicted octanol–water partition coefficient (Wildman–Crippen LogP) is 1.45. The van der Waals surface area contributed by atoms with Gasteiger partial charge >= 0.3 is 0 Å². The summed E-state index contributed by atoms with van der Waals surface area (Å²) in [6, 6.07) is 1.36. The van der Waals surface area contributed by atoms with Crippen molar-refractivity contribution in [3.05, 3.63) is 18.0 Å². The van der Waals surface area contributed by atoms with Crippen molar-refractivity contribution in [2.45, 2.75) is 50.6 Å². The van der Waals surface area contributed by atoms with Gasteiger partial charge in [-0.05, 0) is 37.2 Å². The highest BCUT2D eigenvalue weighted by molar-refractivity contribution is 5.81. The minimum Gasteiger partial charge on any atom is -0.311 e. The zero-order valence-electron chi connectivity index (χ0n) is 10.9. The molecule has 1 aromatic heterocycles. The van der Waals surface area contributed by atoms with Crippen molar-refractivity contribution in [1.82, 2.24) is 15.1 Å². The molecule has 2 atom stereocenters. The fourth-order valence-electron chi connectivity index (χ4n) is 3.53. The quantitative estimate of drug-likeness (QED) is 0.876. The minimum atomic E-state index is 0.370. The number of Topliss-reactive ketones (excluding diaryl/α,β-unsaturated/α-hetero) is 1. The van der Waals surface area contributed by atoms with Gasteiger partial charge in [0.15, 0.2) is 0 Å². The molecule has 98 valence electrons. The van der Waals surface area contributed by atoms with E-state index in [1.807, 2.05) is 13.2 Å². The number of hydrogen-bond acceptors (Lipinski definition) is 3. The molecule has 0 radical (unpaired) electrons. The number of nitrogens with one attached hydrogen (secondary N) is 1. The number of carbonyl (C=O) groups excluding carboxylic acids is 1. The molecular formula is C14H21N3O. The van der Waals surface area contributed by atoms with Crippen molar-refractivity contribution in [3.63, 3.8) is 0 Å². The third-order valence-corrected chi connectivity index (χ3v) is 4.25. The van der Waals surface area contributed by atoms with E-state index in [9.17, 15) is 4.79 Å². The van der Waals surface area contributed by atoms with E-state index in [1.165, 1.54) is 25.7 Å². The fraction of sp³-hybridized carbons (Fsp3) is 0.714. The Bertz CT molecular complexity index is 428. The number of aromatic nitrogens is 2. The highest BCUT2D eigenvalue weighted by atomic mass is 16.1. The van der Waals surface area contributed by atoms with E-state index in [0.29, 0.717) is 30.2 Å². The molecule has 3 heterocycles. The van der Waals surface area contributed by atoms with Crippen LogP contribution in [0.2, 0.25) is 0 Å². The summed E-state index contributed by atoms with van der Waals surface area (Å²) in [5.74, 6) is 0.974. The second-order valence-corrected chi connectivity index (χ2v) is 5.92. The fourth-order valence-corrected chi connectivity index (χ4v) is 3.53. The summed E-state index contributed by atoms with van der Waals surface area (Å²) in [5.41, 5.74) is 1.04. The molecule has 18 heavy (non-hydrogen) atoms. The van der Waals surface area contributed by atoms with E-state index in [2.05, 4.69) is 10.4 Å². The van der Waals surface area contributed by atoms with Gasteiger partial charge in [-0.25, -0.2) is 0 Å². The number of carbonyl (C=O) groups is 1. The molecule has 0 spiro atoms. The molecule has 0 aliphatic carbocycles. The zero-order valence-corrected chi connectivity index (χ0v) is 10.9. The SMILES string of the molecule is Cn1cc(CC(=O)CC2CC3CCC(C2)N3)cn1. The van der Waals surface area contributed by atoms with Crippen LogP contribution < -0.4 is 5.32 Å². The molecule has 2 aliphatic rings. The van der Waals surface area contributed by atoms with E-state index < -0.39 is 0 Å². The van der Waals surface area contributed by atoms with Crippen molar-refractivity contribution in [3.8, 4) is 0 Å². The lowest BCUT2D eigenvalue weighted by atomic mass is 9.87. The number of hydrogen-bond donors (Lipinski definition) is 1. The highest BCUT2D eigenvalue weighted by Gasteiger charge is 2.33. The summed E-state index contributed by atoms with van der Waals surface area (Å²) < 4.78 is 1.76.